The van der Waals surface area contributed by atoms with E-state index in [9.17, 15) is 9.59 Å². The van der Waals surface area contributed by atoms with E-state index < -0.39 is 0 Å². The number of ether oxygens (including phenoxy) is 1. The van der Waals surface area contributed by atoms with Gasteiger partial charge in [-0.2, -0.15) is 0 Å². The van der Waals surface area contributed by atoms with Gasteiger partial charge in [-0.1, -0.05) is 12.1 Å². The molecule has 1 aliphatic heterocycles. The van der Waals surface area contributed by atoms with E-state index in [2.05, 4.69) is 16.7 Å². The van der Waals surface area contributed by atoms with Crippen LogP contribution in [0.15, 0.2) is 18.2 Å². The number of hydrogen-bond donors (Lipinski definition) is 2. The van der Waals surface area contributed by atoms with E-state index in [1.807, 2.05) is 12.1 Å². The Balaban J connectivity index is 1.68. The summed E-state index contributed by atoms with van der Waals surface area (Å²) >= 11 is 0. The maximum Gasteiger partial charge on any atom is 0.307 e. The molecule has 0 bridgehead atoms. The third kappa shape index (κ3) is 3.61. The van der Waals surface area contributed by atoms with Crippen molar-refractivity contribution in [2.45, 2.75) is 44.2 Å². The second-order valence-corrected chi connectivity index (χ2v) is 5.84. The lowest BCUT2D eigenvalue weighted by atomic mass is 10.00. The first-order chi connectivity index (χ1) is 10.1. The standard InChI is InChI=1S/C16H20N2O3/c1-21-16(20)9-13(17-12-3-4-12)7-10-2-5-14-11(6-10)8-15(19)18-14/h2,5-6,12-13,17H,3-4,7-9H2,1H3,(H,18,19). The lowest BCUT2D eigenvalue weighted by Gasteiger charge is -2.18. The largest absolute Gasteiger partial charge is 0.469 e. The highest BCUT2D eigenvalue weighted by atomic mass is 16.5. The number of carbonyl (C=O) groups is 2. The van der Waals surface area contributed by atoms with Crippen molar-refractivity contribution in [2.24, 2.45) is 0 Å². The Labute approximate surface area is 124 Å². The first-order valence-electron chi connectivity index (χ1n) is 7.38. The van der Waals surface area contributed by atoms with Gasteiger partial charge in [0.05, 0.1) is 20.0 Å². The van der Waals surface area contributed by atoms with Crippen molar-refractivity contribution in [3.8, 4) is 0 Å². The number of benzene rings is 1. The Morgan fingerprint density at radius 2 is 2.29 bits per heavy atom. The fraction of sp³-hybridized carbons (Fsp3) is 0.500. The zero-order valence-electron chi connectivity index (χ0n) is 12.1. The Bertz CT molecular complexity index is 567. The van der Waals surface area contributed by atoms with Crippen molar-refractivity contribution >= 4 is 17.6 Å². The minimum Gasteiger partial charge on any atom is -0.469 e. The van der Waals surface area contributed by atoms with Crippen LogP contribution in [0.3, 0.4) is 0 Å². The fourth-order valence-corrected chi connectivity index (χ4v) is 2.75. The summed E-state index contributed by atoms with van der Waals surface area (Å²) in [5.74, 6) is -0.143. The summed E-state index contributed by atoms with van der Waals surface area (Å²) in [5.41, 5.74) is 3.09. The van der Waals surface area contributed by atoms with Crippen LogP contribution < -0.4 is 10.6 Å². The van der Waals surface area contributed by atoms with E-state index in [4.69, 9.17) is 4.74 Å². The van der Waals surface area contributed by atoms with Crippen LogP contribution >= 0.6 is 0 Å². The van der Waals surface area contributed by atoms with Gasteiger partial charge in [-0.3, -0.25) is 9.59 Å². The summed E-state index contributed by atoms with van der Waals surface area (Å²) in [5, 5.41) is 6.33. The summed E-state index contributed by atoms with van der Waals surface area (Å²) < 4.78 is 4.77. The predicted molar refractivity (Wildman–Crippen MR) is 79.1 cm³/mol. The summed E-state index contributed by atoms with van der Waals surface area (Å²) in [7, 11) is 1.42. The molecule has 0 aromatic heterocycles. The van der Waals surface area contributed by atoms with Gasteiger partial charge in [-0.05, 0) is 36.5 Å². The van der Waals surface area contributed by atoms with E-state index in [1.165, 1.54) is 20.0 Å². The molecule has 1 amide bonds. The maximum absolute atomic E-state index is 11.5. The Kier molecular flexibility index (Phi) is 3.92. The molecule has 1 aliphatic carbocycles. The monoisotopic (exact) mass is 288 g/mol. The molecule has 3 rings (SSSR count). The highest BCUT2D eigenvalue weighted by molar-refractivity contribution is 5.99. The number of esters is 1. The molecule has 5 nitrogen and oxygen atoms in total. The number of anilines is 1. The van der Waals surface area contributed by atoms with Gasteiger partial charge in [0, 0.05) is 17.8 Å². The lowest BCUT2D eigenvalue weighted by molar-refractivity contribution is -0.141. The number of amides is 1. The first kappa shape index (κ1) is 14.1. The van der Waals surface area contributed by atoms with E-state index in [0.29, 0.717) is 18.9 Å². The molecule has 2 N–H and O–H groups in total. The Morgan fingerprint density at radius 3 is 3.00 bits per heavy atom. The minimum absolute atomic E-state index is 0.0457. The average molecular weight is 288 g/mol. The maximum atomic E-state index is 11.5. The van der Waals surface area contributed by atoms with E-state index >= 15 is 0 Å². The molecule has 1 atom stereocenters. The second-order valence-electron chi connectivity index (χ2n) is 5.84. The lowest BCUT2D eigenvalue weighted by Crippen LogP contribution is -2.35. The Hall–Kier alpha value is -1.88. The van der Waals surface area contributed by atoms with Gasteiger partial charge < -0.3 is 15.4 Å². The van der Waals surface area contributed by atoms with Crippen LogP contribution in [0.1, 0.15) is 30.4 Å². The molecular formula is C16H20N2O3. The predicted octanol–water partition coefficient (Wildman–Crippen LogP) is 1.41. The molecule has 1 heterocycles. The summed E-state index contributed by atoms with van der Waals surface area (Å²) in [6, 6.07) is 6.66. The van der Waals surface area contributed by atoms with E-state index in [0.717, 1.165) is 23.2 Å². The number of hydrogen-bond acceptors (Lipinski definition) is 4. The Morgan fingerprint density at radius 1 is 1.48 bits per heavy atom. The second kappa shape index (κ2) is 5.85. The molecule has 1 saturated carbocycles. The smallest absolute Gasteiger partial charge is 0.307 e. The molecule has 0 radical (unpaired) electrons. The molecule has 0 saturated heterocycles. The quantitative estimate of drug-likeness (QED) is 0.777. The van der Waals surface area contributed by atoms with Gasteiger partial charge in [0.1, 0.15) is 0 Å². The van der Waals surface area contributed by atoms with Gasteiger partial charge in [-0.25, -0.2) is 0 Å². The zero-order chi connectivity index (χ0) is 14.8. The minimum atomic E-state index is -0.189. The number of nitrogens with one attached hydrogen (secondary N) is 2. The van der Waals surface area contributed by atoms with E-state index in [1.54, 1.807) is 0 Å². The zero-order valence-corrected chi connectivity index (χ0v) is 12.1. The summed E-state index contributed by atoms with van der Waals surface area (Å²) in [6.45, 7) is 0. The average Bonchev–Trinajstić information content (AvgIpc) is 3.17. The molecule has 112 valence electrons. The number of carbonyl (C=O) groups excluding carboxylic acids is 2. The van der Waals surface area contributed by atoms with Gasteiger partial charge in [-0.15, -0.1) is 0 Å². The molecule has 21 heavy (non-hydrogen) atoms. The van der Waals surface area contributed by atoms with Crippen LogP contribution in [-0.4, -0.2) is 31.1 Å². The molecule has 2 aliphatic rings. The van der Waals surface area contributed by atoms with Crippen LogP contribution in [0.25, 0.3) is 0 Å². The highest BCUT2D eigenvalue weighted by Crippen LogP contribution is 2.25. The normalized spacial score (nSPS) is 18.0. The molecule has 1 aromatic carbocycles. The number of fused-ring (bicyclic) bond motifs is 1. The van der Waals surface area contributed by atoms with Crippen molar-refractivity contribution < 1.29 is 14.3 Å². The number of rotatable bonds is 6. The summed E-state index contributed by atoms with van der Waals surface area (Å²) in [6.07, 6.45) is 3.95. The molecular weight excluding hydrogens is 268 g/mol. The van der Waals surface area contributed by atoms with Gasteiger partial charge in [0.25, 0.3) is 0 Å². The van der Waals surface area contributed by atoms with Crippen molar-refractivity contribution in [3.05, 3.63) is 29.3 Å². The van der Waals surface area contributed by atoms with Crippen molar-refractivity contribution in [2.75, 3.05) is 12.4 Å². The molecule has 1 aromatic rings. The first-order valence-corrected chi connectivity index (χ1v) is 7.38. The third-order valence-electron chi connectivity index (χ3n) is 3.97. The van der Waals surface area contributed by atoms with Crippen LogP contribution in [0.2, 0.25) is 0 Å². The van der Waals surface area contributed by atoms with Gasteiger partial charge >= 0.3 is 5.97 Å². The third-order valence-corrected chi connectivity index (χ3v) is 3.97. The van der Waals surface area contributed by atoms with Crippen LogP contribution in [0.4, 0.5) is 5.69 Å². The molecule has 0 spiro atoms. The van der Waals surface area contributed by atoms with Crippen LogP contribution in [0, 0.1) is 0 Å². The van der Waals surface area contributed by atoms with Crippen LogP contribution in [-0.2, 0) is 27.2 Å². The SMILES string of the molecule is COC(=O)CC(Cc1ccc2c(c1)CC(=O)N2)NC1CC1. The van der Waals surface area contributed by atoms with Crippen molar-refractivity contribution in [3.63, 3.8) is 0 Å². The van der Waals surface area contributed by atoms with Gasteiger partial charge in [0.2, 0.25) is 5.91 Å². The molecule has 5 heteroatoms. The molecule has 1 unspecified atom stereocenters. The van der Waals surface area contributed by atoms with Crippen molar-refractivity contribution in [1.29, 1.82) is 0 Å². The highest BCUT2D eigenvalue weighted by Gasteiger charge is 2.26. The van der Waals surface area contributed by atoms with Crippen LogP contribution in [0.5, 0.6) is 0 Å². The summed E-state index contributed by atoms with van der Waals surface area (Å²) in [4.78, 5) is 22.9. The number of methoxy groups -OCH3 is 1. The fourth-order valence-electron chi connectivity index (χ4n) is 2.75. The van der Waals surface area contributed by atoms with Crippen molar-refractivity contribution in [1.82, 2.24) is 5.32 Å². The molecule has 1 fully saturated rings. The topological polar surface area (TPSA) is 67.4 Å². The van der Waals surface area contributed by atoms with E-state index in [-0.39, 0.29) is 17.9 Å². The van der Waals surface area contributed by atoms with Gasteiger partial charge in [0.15, 0.2) is 0 Å².